The molecule has 0 aliphatic rings. The zero-order chi connectivity index (χ0) is 23.4. The zero-order valence-corrected chi connectivity index (χ0v) is 19.3. The second-order valence-electron chi connectivity index (χ2n) is 6.77. The zero-order valence-electron chi connectivity index (χ0n) is 18.4. The van der Waals surface area contributed by atoms with Crippen molar-refractivity contribution in [3.05, 3.63) is 64.6 Å². The number of thioether (sulfide) groups is 1. The van der Waals surface area contributed by atoms with Crippen LogP contribution >= 0.6 is 11.8 Å². The summed E-state index contributed by atoms with van der Waals surface area (Å²) in [5, 5.41) is 20.2. The summed E-state index contributed by atoms with van der Waals surface area (Å²) in [7, 11) is 3.20. The van der Waals surface area contributed by atoms with Gasteiger partial charge in [0.1, 0.15) is 17.2 Å². The van der Waals surface area contributed by atoms with Crippen LogP contribution in [0.3, 0.4) is 0 Å². The van der Waals surface area contributed by atoms with E-state index in [0.717, 1.165) is 5.69 Å². The number of ether oxygens (including phenoxy) is 2. The fraction of sp³-hybridized carbons (Fsp3) is 0.190. The van der Waals surface area contributed by atoms with E-state index >= 15 is 0 Å². The monoisotopic (exact) mass is 466 g/mol. The van der Waals surface area contributed by atoms with Crippen molar-refractivity contribution >= 4 is 29.3 Å². The number of hydrogen-bond acceptors (Lipinski definition) is 10. The molecule has 12 heteroatoms. The molecule has 0 unspecified atom stereocenters. The number of nitrogens with zero attached hydrogens (tertiary/aromatic N) is 6. The van der Waals surface area contributed by atoms with Crippen molar-refractivity contribution in [3.63, 3.8) is 0 Å². The van der Waals surface area contributed by atoms with E-state index in [1.165, 1.54) is 16.4 Å². The van der Waals surface area contributed by atoms with E-state index in [-0.39, 0.29) is 11.3 Å². The Morgan fingerprint density at radius 2 is 1.61 bits per heavy atom. The Morgan fingerprint density at radius 3 is 2.33 bits per heavy atom. The number of nitrogens with one attached hydrogen (secondary N) is 2. The van der Waals surface area contributed by atoms with Gasteiger partial charge in [-0.25, -0.2) is 4.57 Å². The van der Waals surface area contributed by atoms with Gasteiger partial charge in [-0.1, -0.05) is 23.9 Å². The highest BCUT2D eigenvalue weighted by atomic mass is 32.2. The maximum absolute atomic E-state index is 12.7. The highest BCUT2D eigenvalue weighted by Crippen LogP contribution is 2.27. The van der Waals surface area contributed by atoms with Gasteiger partial charge in [-0.2, -0.15) is 4.68 Å². The van der Waals surface area contributed by atoms with Gasteiger partial charge in [0.25, 0.3) is 5.56 Å². The summed E-state index contributed by atoms with van der Waals surface area (Å²) in [5.41, 5.74) is 4.41. The molecule has 0 radical (unpaired) electrons. The highest BCUT2D eigenvalue weighted by molar-refractivity contribution is 7.98. The van der Waals surface area contributed by atoms with Crippen LogP contribution in [0.4, 0.5) is 17.6 Å². The standard InChI is InChI=1S/C21H22N8O3S/c1-13-18(30)29(21(33-4)26-23-13)27-20-25-24-19(22-14-7-5-9-16(11-14)31-2)28(20)15-8-6-10-17(12-15)32-3/h5-12H,1-4H3,(H,22,24)(H,25,27). The lowest BCUT2D eigenvalue weighted by Gasteiger charge is -2.15. The molecule has 0 spiro atoms. The fourth-order valence-corrected chi connectivity index (χ4v) is 3.48. The third-order valence-electron chi connectivity index (χ3n) is 4.68. The number of hydrogen-bond donors (Lipinski definition) is 2. The normalized spacial score (nSPS) is 10.7. The second kappa shape index (κ2) is 9.61. The molecular formula is C21H22N8O3S. The first-order chi connectivity index (χ1) is 16.0. The van der Waals surface area contributed by atoms with Crippen molar-refractivity contribution in [2.75, 3.05) is 31.2 Å². The van der Waals surface area contributed by atoms with Crippen LogP contribution in [-0.2, 0) is 0 Å². The van der Waals surface area contributed by atoms with E-state index in [2.05, 4.69) is 31.1 Å². The summed E-state index contributed by atoms with van der Waals surface area (Å²) in [4.78, 5) is 12.7. The molecule has 0 aliphatic carbocycles. The van der Waals surface area contributed by atoms with Gasteiger partial charge in [-0.3, -0.25) is 10.2 Å². The van der Waals surface area contributed by atoms with Gasteiger partial charge in [0, 0.05) is 17.8 Å². The number of rotatable bonds is 8. The lowest BCUT2D eigenvalue weighted by atomic mass is 10.3. The minimum Gasteiger partial charge on any atom is -0.497 e. The van der Waals surface area contributed by atoms with Gasteiger partial charge in [-0.05, 0) is 37.4 Å². The maximum atomic E-state index is 12.7. The summed E-state index contributed by atoms with van der Waals surface area (Å²) in [5.74, 6) is 2.05. The van der Waals surface area contributed by atoms with E-state index in [9.17, 15) is 4.79 Å². The Kier molecular flexibility index (Phi) is 6.45. The first-order valence-corrected chi connectivity index (χ1v) is 11.0. The van der Waals surface area contributed by atoms with Crippen LogP contribution in [0.1, 0.15) is 5.69 Å². The minimum absolute atomic E-state index is 0.252. The van der Waals surface area contributed by atoms with Gasteiger partial charge >= 0.3 is 0 Å². The molecule has 0 saturated carbocycles. The minimum atomic E-state index is -0.336. The van der Waals surface area contributed by atoms with Crippen molar-refractivity contribution in [1.82, 2.24) is 29.6 Å². The van der Waals surface area contributed by atoms with Crippen molar-refractivity contribution < 1.29 is 9.47 Å². The second-order valence-corrected chi connectivity index (χ2v) is 7.54. The summed E-state index contributed by atoms with van der Waals surface area (Å²) in [6.45, 7) is 1.60. The lowest BCUT2D eigenvalue weighted by molar-refractivity contribution is 0.414. The van der Waals surface area contributed by atoms with Crippen LogP contribution in [-0.4, -0.2) is 50.1 Å². The first kappa shape index (κ1) is 22.1. The summed E-state index contributed by atoms with van der Waals surface area (Å²) in [6, 6.07) is 14.8. The molecule has 2 aromatic carbocycles. The van der Waals surface area contributed by atoms with Crippen molar-refractivity contribution in [2.24, 2.45) is 0 Å². The van der Waals surface area contributed by atoms with Crippen LogP contribution in [0.25, 0.3) is 5.69 Å². The van der Waals surface area contributed by atoms with E-state index < -0.39 is 0 Å². The smallest absolute Gasteiger partial charge is 0.294 e. The Labute approximate surface area is 193 Å². The van der Waals surface area contributed by atoms with Crippen LogP contribution in [0.2, 0.25) is 0 Å². The number of benzene rings is 2. The predicted molar refractivity (Wildman–Crippen MR) is 126 cm³/mol. The van der Waals surface area contributed by atoms with Gasteiger partial charge in [0.05, 0.1) is 19.9 Å². The molecule has 0 aliphatic heterocycles. The van der Waals surface area contributed by atoms with E-state index in [4.69, 9.17) is 9.47 Å². The molecular weight excluding hydrogens is 444 g/mol. The molecule has 2 heterocycles. The van der Waals surface area contributed by atoms with Crippen molar-refractivity contribution in [3.8, 4) is 17.2 Å². The van der Waals surface area contributed by atoms with Gasteiger partial charge in [0.2, 0.25) is 17.1 Å². The fourth-order valence-electron chi connectivity index (χ4n) is 3.05. The number of methoxy groups -OCH3 is 2. The Hall–Kier alpha value is -4.06. The van der Waals surface area contributed by atoms with Crippen molar-refractivity contribution in [2.45, 2.75) is 12.1 Å². The van der Waals surface area contributed by atoms with Crippen LogP contribution in [0.5, 0.6) is 11.5 Å². The Bertz CT molecular complexity index is 1340. The molecule has 4 aromatic rings. The summed E-state index contributed by atoms with van der Waals surface area (Å²) >= 11 is 1.28. The molecule has 0 fully saturated rings. The van der Waals surface area contributed by atoms with Gasteiger partial charge in [0.15, 0.2) is 0 Å². The van der Waals surface area contributed by atoms with Crippen LogP contribution < -0.4 is 25.8 Å². The number of aromatic nitrogens is 6. The van der Waals surface area contributed by atoms with Gasteiger partial charge < -0.3 is 14.8 Å². The topological polar surface area (TPSA) is 121 Å². The highest BCUT2D eigenvalue weighted by Gasteiger charge is 2.18. The molecule has 4 rings (SSSR count). The Balaban J connectivity index is 1.83. The first-order valence-electron chi connectivity index (χ1n) is 9.82. The quantitative estimate of drug-likeness (QED) is 0.375. The molecule has 170 valence electrons. The van der Waals surface area contributed by atoms with E-state index in [1.807, 2.05) is 48.5 Å². The van der Waals surface area contributed by atoms with Crippen LogP contribution in [0.15, 0.2) is 58.5 Å². The molecule has 0 amide bonds. The third-order valence-corrected chi connectivity index (χ3v) is 5.31. The summed E-state index contributed by atoms with van der Waals surface area (Å²) < 4.78 is 13.7. The average molecular weight is 467 g/mol. The molecule has 2 N–H and O–H groups in total. The Morgan fingerprint density at radius 1 is 0.909 bits per heavy atom. The predicted octanol–water partition coefficient (Wildman–Crippen LogP) is 2.89. The molecule has 0 bridgehead atoms. The van der Waals surface area contributed by atoms with Crippen molar-refractivity contribution in [1.29, 1.82) is 0 Å². The van der Waals surface area contributed by atoms with E-state index in [1.54, 1.807) is 32.0 Å². The largest absolute Gasteiger partial charge is 0.497 e. The number of anilines is 3. The SMILES string of the molecule is COc1cccc(Nc2nnc(Nn3c(SC)nnc(C)c3=O)n2-c2cccc(OC)c2)c1. The maximum Gasteiger partial charge on any atom is 0.294 e. The van der Waals surface area contributed by atoms with Gasteiger partial charge in [-0.15, -0.1) is 20.4 Å². The number of aryl methyl sites for hydroxylation is 1. The average Bonchev–Trinajstić information content (AvgIpc) is 3.24. The third kappa shape index (κ3) is 4.60. The molecule has 11 nitrogen and oxygen atoms in total. The van der Waals surface area contributed by atoms with Crippen LogP contribution in [0, 0.1) is 6.92 Å². The molecule has 0 atom stereocenters. The summed E-state index contributed by atoms with van der Waals surface area (Å²) in [6.07, 6.45) is 1.81. The molecule has 2 aromatic heterocycles. The van der Waals surface area contributed by atoms with E-state index in [0.29, 0.717) is 34.2 Å². The lowest BCUT2D eigenvalue weighted by Crippen LogP contribution is -2.32. The molecule has 33 heavy (non-hydrogen) atoms. The molecule has 0 saturated heterocycles.